The molecule has 12 rings (SSSR count). The van der Waals surface area contributed by atoms with Crippen LogP contribution in [0, 0.1) is 0 Å². The molecule has 0 unspecified atom stereocenters. The summed E-state index contributed by atoms with van der Waals surface area (Å²) in [6.07, 6.45) is 0. The van der Waals surface area contributed by atoms with Gasteiger partial charge in [-0.2, -0.15) is 0 Å². The summed E-state index contributed by atoms with van der Waals surface area (Å²) < 4.78 is 13.6. The molecule has 4 heteroatoms. The molecule has 10 aromatic carbocycles. The normalized spacial score (nSPS) is 12.1. The molecule has 0 saturated heterocycles. The number of para-hydroxylation sites is 2. The minimum Gasteiger partial charge on any atom is -0.455 e. The first-order valence-electron chi connectivity index (χ1n) is 21.0. The first kappa shape index (κ1) is 36.1. The van der Waals surface area contributed by atoms with Gasteiger partial charge in [0.1, 0.15) is 16.7 Å². The average Bonchev–Trinajstić information content (AvgIpc) is 3.92. The Hall–Kier alpha value is -7.79. The van der Waals surface area contributed by atoms with Gasteiger partial charge in [0.25, 0.3) is 0 Å². The van der Waals surface area contributed by atoms with Crippen LogP contribution in [0.25, 0.3) is 65.8 Å². The number of hydrogen-bond donors (Lipinski definition) is 0. The van der Waals surface area contributed by atoms with Crippen molar-refractivity contribution in [2.75, 3.05) is 4.90 Å². The van der Waals surface area contributed by atoms with Crippen molar-refractivity contribution < 1.29 is 8.83 Å². The Morgan fingerprint density at radius 2 is 0.790 bits per heavy atom. The molecule has 0 aliphatic carbocycles. The molecule has 0 aliphatic heterocycles. The van der Waals surface area contributed by atoms with E-state index < -0.39 is 10.0 Å². The monoisotopic (exact) mass is 813 g/mol. The van der Waals surface area contributed by atoms with Crippen LogP contribution in [0.5, 0.6) is 0 Å². The second kappa shape index (κ2) is 14.7. The van der Waals surface area contributed by atoms with Gasteiger partial charge in [-0.05, 0) is 119 Å². The minimum atomic E-state index is -1.88. The smallest absolute Gasteiger partial charge is 0.163 e. The minimum absolute atomic E-state index is 0.776. The lowest BCUT2D eigenvalue weighted by molar-refractivity contribution is 0.663. The highest BCUT2D eigenvalue weighted by atomic mass is 32.3. The van der Waals surface area contributed by atoms with Crippen molar-refractivity contribution in [1.82, 2.24) is 0 Å². The van der Waals surface area contributed by atoms with Crippen LogP contribution in [0.15, 0.2) is 265 Å². The van der Waals surface area contributed by atoms with Crippen LogP contribution in [0.4, 0.5) is 17.1 Å². The molecule has 2 aromatic heterocycles. The van der Waals surface area contributed by atoms with Gasteiger partial charge in [-0.25, -0.2) is 0 Å². The largest absolute Gasteiger partial charge is 0.455 e. The average molecular weight is 814 g/mol. The third-order valence-corrected chi connectivity index (χ3v) is 16.1. The van der Waals surface area contributed by atoms with Gasteiger partial charge in [-0.3, -0.25) is 0 Å². The fraction of sp³-hybridized carbons (Fsp3) is 0. The van der Waals surface area contributed by atoms with Gasteiger partial charge >= 0.3 is 0 Å². The number of nitrogens with zero attached hydrogens (tertiary/aromatic N) is 1. The van der Waals surface area contributed by atoms with E-state index in [0.29, 0.717) is 0 Å². The van der Waals surface area contributed by atoms with Gasteiger partial charge in [0.2, 0.25) is 0 Å². The summed E-state index contributed by atoms with van der Waals surface area (Å²) in [7, 11) is -1.88. The van der Waals surface area contributed by atoms with Crippen LogP contribution in [-0.2, 0) is 0 Å². The van der Waals surface area contributed by atoms with Gasteiger partial charge in [0.05, 0.1) is 11.1 Å². The SMILES string of the molecule is c1ccc(S(c2ccccc2)(c2ccccc2)c2ccc(N(c3ccc(-c4ccc5ccccc5c4)cc3)c3cc4c5ccccc5oc4c4c3oc3ccccc34)cc2)cc1. The second-order valence-electron chi connectivity index (χ2n) is 15.7. The molecule has 3 nitrogen and oxygen atoms in total. The van der Waals surface area contributed by atoms with E-state index >= 15 is 0 Å². The zero-order valence-electron chi connectivity index (χ0n) is 33.7. The fourth-order valence-electron chi connectivity index (χ4n) is 9.30. The van der Waals surface area contributed by atoms with Crippen LogP contribution in [0.2, 0.25) is 0 Å². The molecule has 0 aliphatic rings. The molecule has 0 saturated carbocycles. The van der Waals surface area contributed by atoms with Gasteiger partial charge in [-0.1, -0.05) is 140 Å². The molecule has 0 bridgehead atoms. The predicted octanol–water partition coefficient (Wildman–Crippen LogP) is 17.1. The van der Waals surface area contributed by atoms with Gasteiger partial charge in [0.15, 0.2) is 5.58 Å². The number of furan rings is 2. The van der Waals surface area contributed by atoms with Crippen molar-refractivity contribution in [3.63, 3.8) is 0 Å². The maximum Gasteiger partial charge on any atom is 0.163 e. The maximum atomic E-state index is 6.90. The van der Waals surface area contributed by atoms with Crippen molar-refractivity contribution in [3.05, 3.63) is 237 Å². The van der Waals surface area contributed by atoms with Crippen molar-refractivity contribution in [3.8, 4) is 11.1 Å². The molecule has 12 aromatic rings. The summed E-state index contributed by atoms with van der Waals surface area (Å²) >= 11 is 0. The number of benzene rings is 10. The molecular weight excluding hydrogens is 775 g/mol. The summed E-state index contributed by atoms with van der Waals surface area (Å²) in [5.41, 5.74) is 8.59. The highest BCUT2D eigenvalue weighted by Crippen LogP contribution is 2.73. The van der Waals surface area contributed by atoms with E-state index in [4.69, 9.17) is 8.83 Å². The van der Waals surface area contributed by atoms with Crippen LogP contribution in [-0.4, -0.2) is 0 Å². The third kappa shape index (κ3) is 5.76. The van der Waals surface area contributed by atoms with E-state index in [0.717, 1.165) is 66.5 Å². The first-order valence-corrected chi connectivity index (χ1v) is 22.6. The lowest BCUT2D eigenvalue weighted by Gasteiger charge is -2.42. The van der Waals surface area contributed by atoms with E-state index in [-0.39, 0.29) is 0 Å². The Morgan fingerprint density at radius 1 is 0.323 bits per heavy atom. The fourth-order valence-corrected chi connectivity index (χ4v) is 13.2. The number of rotatable bonds is 8. The van der Waals surface area contributed by atoms with E-state index in [1.807, 2.05) is 24.3 Å². The third-order valence-electron chi connectivity index (χ3n) is 12.2. The summed E-state index contributed by atoms with van der Waals surface area (Å²) in [6, 6.07) is 85.3. The van der Waals surface area contributed by atoms with Crippen LogP contribution >= 0.6 is 10.0 Å². The van der Waals surface area contributed by atoms with E-state index in [1.165, 1.54) is 35.9 Å². The molecule has 294 valence electrons. The predicted molar refractivity (Wildman–Crippen MR) is 259 cm³/mol. The molecule has 0 spiro atoms. The number of anilines is 3. The Balaban J connectivity index is 1.10. The van der Waals surface area contributed by atoms with Crippen LogP contribution in [0.1, 0.15) is 0 Å². The molecular formula is C58H39NO2S. The molecule has 0 amide bonds. The van der Waals surface area contributed by atoms with E-state index in [9.17, 15) is 0 Å². The molecule has 2 heterocycles. The summed E-state index contributed by atoms with van der Waals surface area (Å²) in [4.78, 5) is 7.46. The summed E-state index contributed by atoms with van der Waals surface area (Å²) in [5.74, 6) is 0. The zero-order chi connectivity index (χ0) is 41.0. The summed E-state index contributed by atoms with van der Waals surface area (Å²) in [6.45, 7) is 0. The zero-order valence-corrected chi connectivity index (χ0v) is 34.5. The first-order chi connectivity index (χ1) is 30.7. The Morgan fingerprint density at radius 3 is 1.42 bits per heavy atom. The van der Waals surface area contributed by atoms with Crippen molar-refractivity contribution in [2.45, 2.75) is 19.6 Å². The molecule has 0 atom stereocenters. The molecule has 0 radical (unpaired) electrons. The van der Waals surface area contributed by atoms with E-state index in [1.54, 1.807) is 0 Å². The molecule has 0 N–H and O–H groups in total. The lowest BCUT2D eigenvalue weighted by atomic mass is 10.0. The van der Waals surface area contributed by atoms with Gasteiger partial charge in [0, 0.05) is 47.1 Å². The lowest BCUT2D eigenvalue weighted by Crippen LogP contribution is -2.11. The van der Waals surface area contributed by atoms with Crippen molar-refractivity contribution in [1.29, 1.82) is 0 Å². The number of fused-ring (bicyclic) bond motifs is 8. The van der Waals surface area contributed by atoms with Crippen molar-refractivity contribution in [2.24, 2.45) is 0 Å². The second-order valence-corrected chi connectivity index (χ2v) is 18.8. The van der Waals surface area contributed by atoms with Gasteiger partial charge < -0.3 is 13.7 Å². The molecule has 62 heavy (non-hydrogen) atoms. The maximum absolute atomic E-state index is 6.90. The summed E-state index contributed by atoms with van der Waals surface area (Å²) in [5, 5.41) is 6.57. The number of hydrogen-bond acceptors (Lipinski definition) is 3. The van der Waals surface area contributed by atoms with Crippen molar-refractivity contribution >= 4 is 81.7 Å². The van der Waals surface area contributed by atoms with Crippen LogP contribution in [0.3, 0.4) is 0 Å². The Kier molecular flexibility index (Phi) is 8.58. The molecule has 0 fully saturated rings. The highest BCUT2D eigenvalue weighted by Gasteiger charge is 2.33. The highest BCUT2D eigenvalue weighted by molar-refractivity contribution is 8.34. The van der Waals surface area contributed by atoms with Gasteiger partial charge in [-0.15, -0.1) is 10.0 Å². The van der Waals surface area contributed by atoms with Crippen LogP contribution < -0.4 is 4.90 Å². The Bertz CT molecular complexity index is 3460. The Labute approximate surface area is 361 Å². The van der Waals surface area contributed by atoms with E-state index in [2.05, 4.69) is 217 Å². The topological polar surface area (TPSA) is 29.5 Å². The quantitative estimate of drug-likeness (QED) is 0.153. The standard InChI is InChI=1S/C58H39NO2S/c1-4-18-46(19-5-1)62(47-20-6-2-7-21-47,48-22-8-3-9-23-48)49-36-34-45(35-37-49)59(44-32-30-41(31-33-44)43-29-28-40-16-10-11-17-42(40)38-43)53-39-52-50-24-12-14-26-54(50)60-57(52)56-51-25-13-15-27-55(51)61-58(53)56/h1-39H.